The standard InChI is InChI=1S/C13H11NO4/c1-18-13(16)11-5-3-8-6-10(12(15)14-17)4-2-9(8)7-11/h2-7,17H,1H3,(H,14,15). The fourth-order valence-electron chi connectivity index (χ4n) is 1.70. The zero-order valence-electron chi connectivity index (χ0n) is 9.64. The third-order valence-electron chi connectivity index (χ3n) is 2.63. The van der Waals surface area contributed by atoms with Gasteiger partial charge in [0, 0.05) is 5.56 Å². The van der Waals surface area contributed by atoms with Crippen LogP contribution in [-0.4, -0.2) is 24.2 Å². The van der Waals surface area contributed by atoms with Gasteiger partial charge < -0.3 is 4.74 Å². The largest absolute Gasteiger partial charge is 0.465 e. The summed E-state index contributed by atoms with van der Waals surface area (Å²) < 4.78 is 4.63. The maximum atomic E-state index is 11.4. The average Bonchev–Trinajstić information content (AvgIpc) is 2.44. The molecule has 0 aromatic heterocycles. The molecule has 5 nitrogen and oxygen atoms in total. The Morgan fingerprint density at radius 3 is 2.17 bits per heavy atom. The van der Waals surface area contributed by atoms with Crippen molar-refractivity contribution in [2.24, 2.45) is 0 Å². The second-order valence-corrected chi connectivity index (χ2v) is 3.71. The second-order valence-electron chi connectivity index (χ2n) is 3.71. The van der Waals surface area contributed by atoms with Gasteiger partial charge in [0.05, 0.1) is 12.7 Å². The van der Waals surface area contributed by atoms with Crippen LogP contribution in [0.15, 0.2) is 36.4 Å². The molecule has 0 saturated heterocycles. The van der Waals surface area contributed by atoms with Gasteiger partial charge in [0.25, 0.3) is 5.91 Å². The first-order valence-electron chi connectivity index (χ1n) is 5.22. The van der Waals surface area contributed by atoms with Gasteiger partial charge in [-0.3, -0.25) is 10.0 Å². The van der Waals surface area contributed by atoms with Crippen LogP contribution < -0.4 is 5.48 Å². The lowest BCUT2D eigenvalue weighted by Crippen LogP contribution is -2.18. The van der Waals surface area contributed by atoms with Crippen molar-refractivity contribution in [2.75, 3.05) is 7.11 Å². The first-order valence-corrected chi connectivity index (χ1v) is 5.22. The zero-order valence-corrected chi connectivity index (χ0v) is 9.64. The normalized spacial score (nSPS) is 10.1. The molecule has 0 fully saturated rings. The molecule has 0 radical (unpaired) electrons. The van der Waals surface area contributed by atoms with Gasteiger partial charge in [0.15, 0.2) is 0 Å². The Bertz CT molecular complexity index is 566. The number of rotatable bonds is 2. The second kappa shape index (κ2) is 4.85. The van der Waals surface area contributed by atoms with E-state index in [1.54, 1.807) is 41.9 Å². The fourth-order valence-corrected chi connectivity index (χ4v) is 1.70. The van der Waals surface area contributed by atoms with Crippen molar-refractivity contribution in [1.82, 2.24) is 5.48 Å². The number of hydrogen-bond acceptors (Lipinski definition) is 4. The fraction of sp³-hybridized carbons (Fsp3) is 0.0769. The van der Waals surface area contributed by atoms with E-state index in [0.29, 0.717) is 11.1 Å². The molecule has 0 aliphatic heterocycles. The molecule has 2 aromatic rings. The number of hydrogen-bond donors (Lipinski definition) is 2. The molecule has 2 N–H and O–H groups in total. The molecule has 18 heavy (non-hydrogen) atoms. The zero-order chi connectivity index (χ0) is 13.1. The van der Waals surface area contributed by atoms with Crippen LogP contribution in [0.1, 0.15) is 20.7 Å². The molecule has 0 atom stereocenters. The molecule has 0 spiro atoms. The maximum Gasteiger partial charge on any atom is 0.337 e. The summed E-state index contributed by atoms with van der Waals surface area (Å²) in [5.74, 6) is -0.983. The molecule has 0 unspecified atom stereocenters. The van der Waals surface area contributed by atoms with E-state index >= 15 is 0 Å². The van der Waals surface area contributed by atoms with Gasteiger partial charge in [-0.05, 0) is 35.0 Å². The van der Waals surface area contributed by atoms with Crippen LogP contribution in [0.25, 0.3) is 10.8 Å². The third kappa shape index (κ3) is 2.16. The summed E-state index contributed by atoms with van der Waals surface area (Å²) in [5, 5.41) is 10.2. The van der Waals surface area contributed by atoms with E-state index in [9.17, 15) is 9.59 Å². The number of amides is 1. The van der Waals surface area contributed by atoms with E-state index < -0.39 is 11.9 Å². The summed E-state index contributed by atoms with van der Waals surface area (Å²) >= 11 is 0. The summed E-state index contributed by atoms with van der Waals surface area (Å²) in [4.78, 5) is 22.6. The lowest BCUT2D eigenvalue weighted by molar-refractivity contribution is 0.0600. The van der Waals surface area contributed by atoms with E-state index in [1.807, 2.05) is 0 Å². The van der Waals surface area contributed by atoms with Crippen LogP contribution in [-0.2, 0) is 4.74 Å². The van der Waals surface area contributed by atoms with Gasteiger partial charge >= 0.3 is 5.97 Å². The van der Waals surface area contributed by atoms with Crippen LogP contribution in [0.2, 0.25) is 0 Å². The lowest BCUT2D eigenvalue weighted by Gasteiger charge is -2.04. The summed E-state index contributed by atoms with van der Waals surface area (Å²) in [5.41, 5.74) is 2.36. The van der Waals surface area contributed by atoms with Crippen molar-refractivity contribution >= 4 is 22.6 Å². The smallest absolute Gasteiger partial charge is 0.337 e. The Morgan fingerprint density at radius 1 is 1.06 bits per heavy atom. The highest BCUT2D eigenvalue weighted by Gasteiger charge is 2.08. The minimum absolute atomic E-state index is 0.343. The number of esters is 1. The van der Waals surface area contributed by atoms with Gasteiger partial charge in [0.1, 0.15) is 0 Å². The molecule has 0 aliphatic rings. The number of hydroxylamine groups is 1. The van der Waals surface area contributed by atoms with Crippen molar-refractivity contribution < 1.29 is 19.5 Å². The van der Waals surface area contributed by atoms with E-state index in [2.05, 4.69) is 4.74 Å². The van der Waals surface area contributed by atoms with Crippen molar-refractivity contribution in [3.05, 3.63) is 47.5 Å². The van der Waals surface area contributed by atoms with Gasteiger partial charge in [-0.1, -0.05) is 12.1 Å². The molecule has 5 heteroatoms. The minimum atomic E-state index is -0.575. The van der Waals surface area contributed by atoms with E-state index in [-0.39, 0.29) is 0 Å². The topological polar surface area (TPSA) is 75.6 Å². The number of nitrogens with one attached hydrogen (secondary N) is 1. The quantitative estimate of drug-likeness (QED) is 0.480. The Balaban J connectivity index is 2.48. The number of fused-ring (bicyclic) bond motifs is 1. The van der Waals surface area contributed by atoms with Crippen LogP contribution >= 0.6 is 0 Å². The minimum Gasteiger partial charge on any atom is -0.465 e. The highest BCUT2D eigenvalue weighted by molar-refractivity contribution is 6.00. The van der Waals surface area contributed by atoms with E-state index in [1.165, 1.54) is 7.11 Å². The highest BCUT2D eigenvalue weighted by Crippen LogP contribution is 2.18. The third-order valence-corrected chi connectivity index (χ3v) is 2.63. The number of benzene rings is 2. The van der Waals surface area contributed by atoms with Gasteiger partial charge in [-0.25, -0.2) is 10.3 Å². The SMILES string of the molecule is COC(=O)c1ccc2cc(C(=O)NO)ccc2c1. The van der Waals surface area contributed by atoms with Crippen LogP contribution in [0.5, 0.6) is 0 Å². The first-order chi connectivity index (χ1) is 8.65. The molecule has 2 aromatic carbocycles. The van der Waals surface area contributed by atoms with Crippen LogP contribution in [0.4, 0.5) is 0 Å². The number of methoxy groups -OCH3 is 1. The number of ether oxygens (including phenoxy) is 1. The molecule has 1 amide bonds. The van der Waals surface area contributed by atoms with E-state index in [4.69, 9.17) is 5.21 Å². The van der Waals surface area contributed by atoms with E-state index in [0.717, 1.165) is 10.8 Å². The number of carbonyl (C=O) groups is 2. The van der Waals surface area contributed by atoms with Crippen molar-refractivity contribution in [1.29, 1.82) is 0 Å². The molecular weight excluding hydrogens is 234 g/mol. The Labute approximate surface area is 103 Å². The van der Waals surface area contributed by atoms with Crippen molar-refractivity contribution in [3.63, 3.8) is 0 Å². The molecule has 2 rings (SSSR count). The Morgan fingerprint density at radius 2 is 1.61 bits per heavy atom. The number of carbonyl (C=O) groups excluding carboxylic acids is 2. The summed E-state index contributed by atoms with van der Waals surface area (Å²) in [6, 6.07) is 9.91. The summed E-state index contributed by atoms with van der Waals surface area (Å²) in [6.45, 7) is 0. The summed E-state index contributed by atoms with van der Waals surface area (Å²) in [7, 11) is 1.32. The monoisotopic (exact) mass is 245 g/mol. The van der Waals surface area contributed by atoms with Gasteiger partial charge in [0.2, 0.25) is 0 Å². The Hall–Kier alpha value is -2.40. The van der Waals surface area contributed by atoms with Crippen LogP contribution in [0, 0.1) is 0 Å². The molecule has 0 aliphatic carbocycles. The summed E-state index contributed by atoms with van der Waals surface area (Å²) in [6.07, 6.45) is 0. The molecule has 0 heterocycles. The van der Waals surface area contributed by atoms with Crippen molar-refractivity contribution in [2.45, 2.75) is 0 Å². The van der Waals surface area contributed by atoms with Crippen molar-refractivity contribution in [3.8, 4) is 0 Å². The van der Waals surface area contributed by atoms with Gasteiger partial charge in [-0.15, -0.1) is 0 Å². The Kier molecular flexibility index (Phi) is 3.25. The predicted octanol–water partition coefficient (Wildman–Crippen LogP) is 1.75. The lowest BCUT2D eigenvalue weighted by atomic mass is 10.0. The molecule has 0 bridgehead atoms. The molecule has 92 valence electrons. The first kappa shape index (κ1) is 12.1. The molecule has 0 saturated carbocycles. The predicted molar refractivity (Wildman–Crippen MR) is 64.5 cm³/mol. The van der Waals surface area contributed by atoms with Gasteiger partial charge in [-0.2, -0.15) is 0 Å². The average molecular weight is 245 g/mol. The molecular formula is C13H11NO4. The maximum absolute atomic E-state index is 11.4. The van der Waals surface area contributed by atoms with Crippen LogP contribution in [0.3, 0.4) is 0 Å². The highest BCUT2D eigenvalue weighted by atomic mass is 16.5.